The molecular formula is C19H36N2O6. The number of ether oxygens (including phenoxy) is 2. The van der Waals surface area contributed by atoms with E-state index in [1.54, 1.807) is 0 Å². The molecule has 1 atom stereocenters. The summed E-state index contributed by atoms with van der Waals surface area (Å²) in [4.78, 5) is 34.2. The van der Waals surface area contributed by atoms with Gasteiger partial charge in [-0.05, 0) is 19.3 Å². The van der Waals surface area contributed by atoms with Crippen molar-refractivity contribution in [1.29, 1.82) is 0 Å². The summed E-state index contributed by atoms with van der Waals surface area (Å²) in [6.45, 7) is 5.08. The molecule has 1 unspecified atom stereocenters. The first-order chi connectivity index (χ1) is 13.0. The molecule has 27 heavy (non-hydrogen) atoms. The molecular weight excluding hydrogens is 352 g/mol. The van der Waals surface area contributed by atoms with Gasteiger partial charge in [-0.25, -0.2) is 9.59 Å². The Balaban J connectivity index is 4.12. The summed E-state index contributed by atoms with van der Waals surface area (Å²) in [5, 5.41) is 14.1. The van der Waals surface area contributed by atoms with E-state index in [1.165, 1.54) is 0 Å². The van der Waals surface area contributed by atoms with Crippen LogP contribution < -0.4 is 10.6 Å². The highest BCUT2D eigenvalue weighted by molar-refractivity contribution is 5.69. The first-order valence-electron chi connectivity index (χ1n) is 10.1. The molecule has 158 valence electrons. The lowest BCUT2D eigenvalue weighted by molar-refractivity contribution is -0.137. The molecule has 0 aromatic rings. The number of carboxylic acids is 1. The van der Waals surface area contributed by atoms with Gasteiger partial charge >= 0.3 is 18.2 Å². The van der Waals surface area contributed by atoms with Gasteiger partial charge < -0.3 is 25.2 Å². The third-order valence-electron chi connectivity index (χ3n) is 3.95. The number of aliphatic carboxylic acids is 1. The Morgan fingerprint density at radius 1 is 0.852 bits per heavy atom. The van der Waals surface area contributed by atoms with Crippen LogP contribution in [-0.2, 0) is 14.3 Å². The van der Waals surface area contributed by atoms with Gasteiger partial charge in [0.15, 0.2) is 0 Å². The Labute approximate surface area is 162 Å². The van der Waals surface area contributed by atoms with Crippen LogP contribution in [0.25, 0.3) is 0 Å². The molecule has 8 nitrogen and oxygen atoms in total. The van der Waals surface area contributed by atoms with E-state index in [2.05, 4.69) is 24.5 Å². The molecule has 0 radical (unpaired) electrons. The number of hydrogen-bond donors (Lipinski definition) is 3. The van der Waals surface area contributed by atoms with Crippen LogP contribution in [0.1, 0.15) is 78.1 Å². The second-order valence-electron chi connectivity index (χ2n) is 6.53. The summed E-state index contributed by atoms with van der Waals surface area (Å²) in [6.07, 6.45) is 6.19. The van der Waals surface area contributed by atoms with Crippen molar-refractivity contribution in [3.8, 4) is 0 Å². The fourth-order valence-electron chi connectivity index (χ4n) is 2.36. The smallest absolute Gasteiger partial charge is 0.407 e. The first-order valence-corrected chi connectivity index (χ1v) is 10.1. The highest BCUT2D eigenvalue weighted by atomic mass is 16.6. The Hall–Kier alpha value is -1.99. The summed E-state index contributed by atoms with van der Waals surface area (Å²) in [5.41, 5.74) is 0. The van der Waals surface area contributed by atoms with Crippen LogP contribution in [0.15, 0.2) is 0 Å². The highest BCUT2D eigenvalue weighted by Crippen LogP contribution is 2.05. The maximum Gasteiger partial charge on any atom is 0.407 e. The van der Waals surface area contributed by atoms with E-state index < -0.39 is 24.3 Å². The minimum Gasteiger partial charge on any atom is -0.481 e. The number of hydrogen-bond acceptors (Lipinski definition) is 5. The van der Waals surface area contributed by atoms with E-state index in [0.717, 1.165) is 51.4 Å². The topological polar surface area (TPSA) is 114 Å². The molecule has 0 aliphatic carbocycles. The van der Waals surface area contributed by atoms with Crippen molar-refractivity contribution < 1.29 is 29.0 Å². The van der Waals surface area contributed by atoms with Gasteiger partial charge in [0.25, 0.3) is 0 Å². The standard InChI is InChI=1S/C19H36N2O6/c1-3-5-7-9-13-20-18(24)26-15-16(11-12-17(22)23)27-19(25)21-14-10-8-6-4-2/h16H,3-15H2,1-2H3,(H,20,24)(H,21,25)(H,22,23). The molecule has 0 fully saturated rings. The fourth-order valence-corrected chi connectivity index (χ4v) is 2.36. The summed E-state index contributed by atoms with van der Waals surface area (Å²) in [5.74, 6) is -0.996. The van der Waals surface area contributed by atoms with Gasteiger partial charge in [0.1, 0.15) is 12.7 Å². The van der Waals surface area contributed by atoms with E-state index in [-0.39, 0.29) is 19.4 Å². The monoisotopic (exact) mass is 388 g/mol. The normalized spacial score (nSPS) is 11.5. The molecule has 0 aliphatic heterocycles. The van der Waals surface area contributed by atoms with Crippen molar-refractivity contribution >= 4 is 18.2 Å². The van der Waals surface area contributed by atoms with Crippen LogP contribution >= 0.6 is 0 Å². The average Bonchev–Trinajstić information content (AvgIpc) is 2.63. The van der Waals surface area contributed by atoms with Crippen molar-refractivity contribution in [3.63, 3.8) is 0 Å². The Morgan fingerprint density at radius 3 is 1.93 bits per heavy atom. The molecule has 0 rings (SSSR count). The van der Waals surface area contributed by atoms with E-state index in [9.17, 15) is 14.4 Å². The number of alkyl carbamates (subject to hydrolysis) is 2. The van der Waals surface area contributed by atoms with Crippen LogP contribution in [0.2, 0.25) is 0 Å². The predicted octanol–water partition coefficient (Wildman–Crippen LogP) is 3.83. The number of unbranched alkanes of at least 4 members (excludes halogenated alkanes) is 6. The number of carbonyl (C=O) groups excluding carboxylic acids is 2. The first kappa shape index (κ1) is 25.0. The summed E-state index contributed by atoms with van der Waals surface area (Å²) in [6, 6.07) is 0. The molecule has 0 aromatic carbocycles. The Bertz CT molecular complexity index is 417. The highest BCUT2D eigenvalue weighted by Gasteiger charge is 2.18. The quantitative estimate of drug-likeness (QED) is 0.346. The summed E-state index contributed by atoms with van der Waals surface area (Å²) in [7, 11) is 0. The molecule has 8 heteroatoms. The molecule has 0 aliphatic rings. The molecule has 0 saturated heterocycles. The van der Waals surface area contributed by atoms with E-state index >= 15 is 0 Å². The fraction of sp³-hybridized carbons (Fsp3) is 0.842. The second-order valence-corrected chi connectivity index (χ2v) is 6.53. The second kappa shape index (κ2) is 17.4. The zero-order valence-electron chi connectivity index (χ0n) is 16.8. The molecule has 0 heterocycles. The van der Waals surface area contributed by atoms with Crippen molar-refractivity contribution in [1.82, 2.24) is 10.6 Å². The van der Waals surface area contributed by atoms with Gasteiger partial charge in [0.2, 0.25) is 0 Å². The van der Waals surface area contributed by atoms with Gasteiger partial charge in [0.05, 0.1) is 0 Å². The van der Waals surface area contributed by atoms with Crippen LogP contribution in [0.4, 0.5) is 9.59 Å². The minimum absolute atomic E-state index is 0.0857. The number of carbonyl (C=O) groups is 3. The lowest BCUT2D eigenvalue weighted by Gasteiger charge is -2.18. The van der Waals surface area contributed by atoms with Gasteiger partial charge in [-0.2, -0.15) is 0 Å². The predicted molar refractivity (Wildman–Crippen MR) is 103 cm³/mol. The number of amides is 2. The maximum absolute atomic E-state index is 11.8. The molecule has 0 bridgehead atoms. The lowest BCUT2D eigenvalue weighted by Crippen LogP contribution is -2.34. The molecule has 3 N–H and O–H groups in total. The summed E-state index contributed by atoms with van der Waals surface area (Å²) >= 11 is 0. The van der Waals surface area contributed by atoms with Gasteiger partial charge in [-0.1, -0.05) is 52.4 Å². The van der Waals surface area contributed by atoms with Crippen LogP contribution in [0.3, 0.4) is 0 Å². The van der Waals surface area contributed by atoms with Crippen molar-refractivity contribution in [2.24, 2.45) is 0 Å². The van der Waals surface area contributed by atoms with Crippen molar-refractivity contribution in [2.45, 2.75) is 84.2 Å². The van der Waals surface area contributed by atoms with E-state index in [1.807, 2.05) is 0 Å². The number of rotatable bonds is 16. The molecule has 0 saturated carbocycles. The number of nitrogens with one attached hydrogen (secondary N) is 2. The largest absolute Gasteiger partial charge is 0.481 e. The van der Waals surface area contributed by atoms with E-state index in [0.29, 0.717) is 13.1 Å². The molecule has 2 amide bonds. The van der Waals surface area contributed by atoms with E-state index in [4.69, 9.17) is 14.6 Å². The average molecular weight is 389 g/mol. The third kappa shape index (κ3) is 17.2. The van der Waals surface area contributed by atoms with Crippen LogP contribution in [0, 0.1) is 0 Å². The van der Waals surface area contributed by atoms with Gasteiger partial charge in [-0.15, -0.1) is 0 Å². The third-order valence-corrected chi connectivity index (χ3v) is 3.95. The van der Waals surface area contributed by atoms with Crippen LogP contribution in [-0.4, -0.2) is 49.1 Å². The molecule has 0 aromatic heterocycles. The van der Waals surface area contributed by atoms with Crippen molar-refractivity contribution in [3.05, 3.63) is 0 Å². The Morgan fingerprint density at radius 2 is 1.41 bits per heavy atom. The van der Waals surface area contributed by atoms with Gasteiger partial charge in [0, 0.05) is 19.5 Å². The zero-order valence-corrected chi connectivity index (χ0v) is 16.8. The maximum atomic E-state index is 11.8. The summed E-state index contributed by atoms with van der Waals surface area (Å²) < 4.78 is 10.3. The zero-order chi connectivity index (χ0) is 20.3. The number of carboxylic acid groups (broad SMARTS) is 1. The molecule has 0 spiro atoms. The minimum atomic E-state index is -0.996. The lowest BCUT2D eigenvalue weighted by atomic mass is 10.2. The van der Waals surface area contributed by atoms with Gasteiger partial charge in [-0.3, -0.25) is 4.79 Å². The van der Waals surface area contributed by atoms with Crippen molar-refractivity contribution in [2.75, 3.05) is 19.7 Å². The van der Waals surface area contributed by atoms with Crippen LogP contribution in [0.5, 0.6) is 0 Å². The Kier molecular flexibility index (Phi) is 16.1. The SMILES string of the molecule is CCCCCCNC(=O)OCC(CCC(=O)O)OC(=O)NCCCCCC.